The number of thiocarbonyl (C=S) groups is 1. The molecule has 1 amide bonds. The van der Waals surface area contributed by atoms with Crippen molar-refractivity contribution < 1.29 is 9.53 Å². The minimum atomic E-state index is -0.346. The summed E-state index contributed by atoms with van der Waals surface area (Å²) in [6.07, 6.45) is 0. The maximum atomic E-state index is 12.0. The van der Waals surface area contributed by atoms with Gasteiger partial charge in [-0.1, -0.05) is 35.4 Å². The van der Waals surface area contributed by atoms with E-state index in [9.17, 15) is 4.79 Å². The predicted molar refractivity (Wildman–Crippen MR) is 80.1 cm³/mol. The molecule has 1 aromatic carbocycles. The molecule has 0 aliphatic carbocycles. The molecule has 1 heterocycles. The van der Waals surface area contributed by atoms with Gasteiger partial charge in [0, 0.05) is 18.1 Å². The first-order valence-corrected chi connectivity index (χ1v) is 6.87. The fourth-order valence-corrected chi connectivity index (χ4v) is 2.37. The highest BCUT2D eigenvalue weighted by atomic mass is 35.5. The summed E-state index contributed by atoms with van der Waals surface area (Å²) >= 11 is 16.9. The van der Waals surface area contributed by atoms with Crippen molar-refractivity contribution in [2.24, 2.45) is 0 Å². The van der Waals surface area contributed by atoms with Crippen LogP contribution in [0.3, 0.4) is 0 Å². The molecular weight excluding hydrogens is 307 g/mol. The van der Waals surface area contributed by atoms with Crippen molar-refractivity contribution in [3.8, 4) is 0 Å². The quantitative estimate of drug-likeness (QED) is 0.808. The Labute approximate surface area is 126 Å². The number of nitrogens with one attached hydrogen (secondary N) is 1. The highest BCUT2D eigenvalue weighted by Crippen LogP contribution is 2.25. The molecule has 0 unspecified atom stereocenters. The normalized spacial score (nSPS) is 15.2. The molecule has 1 aliphatic heterocycles. The number of anilines is 1. The molecule has 0 atom stereocenters. The highest BCUT2D eigenvalue weighted by molar-refractivity contribution is 7.82. The first-order chi connectivity index (χ1) is 9.08. The number of amides is 1. The van der Waals surface area contributed by atoms with Crippen molar-refractivity contribution in [1.29, 1.82) is 0 Å². The molecule has 19 heavy (non-hydrogen) atoms. The van der Waals surface area contributed by atoms with Crippen LogP contribution in [0.25, 0.3) is 0 Å². The van der Waals surface area contributed by atoms with Crippen molar-refractivity contribution in [2.45, 2.75) is 0 Å². The molecule has 2 rings (SSSR count). The Kier molecular flexibility index (Phi) is 4.99. The molecule has 7 heteroatoms. The summed E-state index contributed by atoms with van der Waals surface area (Å²) in [5.74, 6) is -0.346. The van der Waals surface area contributed by atoms with E-state index in [1.54, 1.807) is 18.2 Å². The summed E-state index contributed by atoms with van der Waals surface area (Å²) < 4.78 is 5.21. The first kappa shape index (κ1) is 14.5. The van der Waals surface area contributed by atoms with E-state index in [1.165, 1.54) is 0 Å². The Morgan fingerprint density at radius 2 is 2.00 bits per heavy atom. The van der Waals surface area contributed by atoms with E-state index in [4.69, 9.17) is 40.2 Å². The van der Waals surface area contributed by atoms with Crippen molar-refractivity contribution in [2.75, 3.05) is 31.6 Å². The Balaban J connectivity index is 2.01. The number of benzene rings is 1. The Bertz CT molecular complexity index is 505. The molecule has 1 fully saturated rings. The van der Waals surface area contributed by atoms with Crippen LogP contribution in [0.1, 0.15) is 0 Å². The van der Waals surface area contributed by atoms with Gasteiger partial charge in [0.25, 0.3) is 5.91 Å². The van der Waals surface area contributed by atoms with Crippen LogP contribution in [0.2, 0.25) is 10.0 Å². The smallest absolute Gasteiger partial charge is 0.283 e. The summed E-state index contributed by atoms with van der Waals surface area (Å²) in [5.41, 5.74) is 0.492. The van der Waals surface area contributed by atoms with Crippen LogP contribution in [-0.4, -0.2) is 42.1 Å². The third kappa shape index (κ3) is 3.79. The third-order valence-corrected chi connectivity index (χ3v) is 3.66. The maximum absolute atomic E-state index is 12.0. The number of nitrogens with zero attached hydrogens (tertiary/aromatic N) is 1. The van der Waals surface area contributed by atoms with Gasteiger partial charge in [0.1, 0.15) is 0 Å². The molecule has 0 aromatic heterocycles. The number of rotatable bonds is 1. The molecule has 0 radical (unpaired) electrons. The standard InChI is InChI=1S/C12H12Cl2N2O2S/c13-8-1-2-10(9(14)7-8)15-11(17)12(19)16-3-5-18-6-4-16/h1-2,7H,3-6H2,(H,15,17). The van der Waals surface area contributed by atoms with E-state index in [-0.39, 0.29) is 10.9 Å². The van der Waals surface area contributed by atoms with Gasteiger partial charge in [0.15, 0.2) is 4.99 Å². The van der Waals surface area contributed by atoms with Gasteiger partial charge in [-0.3, -0.25) is 4.79 Å². The fourth-order valence-electron chi connectivity index (χ4n) is 1.68. The van der Waals surface area contributed by atoms with Gasteiger partial charge in [0.2, 0.25) is 0 Å². The lowest BCUT2D eigenvalue weighted by Crippen LogP contribution is -2.44. The van der Waals surface area contributed by atoms with Crippen LogP contribution in [0, 0.1) is 0 Å². The van der Waals surface area contributed by atoms with Crippen LogP contribution >= 0.6 is 35.4 Å². The zero-order valence-corrected chi connectivity index (χ0v) is 12.3. The Morgan fingerprint density at radius 1 is 1.32 bits per heavy atom. The maximum Gasteiger partial charge on any atom is 0.283 e. The summed E-state index contributed by atoms with van der Waals surface area (Å²) in [4.78, 5) is 14.1. The third-order valence-electron chi connectivity index (χ3n) is 2.67. The van der Waals surface area contributed by atoms with E-state index in [2.05, 4.69) is 5.32 Å². The topological polar surface area (TPSA) is 41.6 Å². The SMILES string of the molecule is O=C(Nc1ccc(Cl)cc1Cl)C(=S)N1CCOCC1. The lowest BCUT2D eigenvalue weighted by Gasteiger charge is -2.28. The van der Waals surface area contributed by atoms with Crippen LogP contribution in [0.5, 0.6) is 0 Å². The molecule has 0 spiro atoms. The van der Waals surface area contributed by atoms with E-state index < -0.39 is 0 Å². The molecule has 1 aromatic rings. The van der Waals surface area contributed by atoms with E-state index in [0.717, 1.165) is 0 Å². The largest absolute Gasteiger partial charge is 0.378 e. The van der Waals surface area contributed by atoms with Gasteiger partial charge < -0.3 is 15.0 Å². The number of carbonyl (C=O) groups is 1. The number of hydrogen-bond acceptors (Lipinski definition) is 3. The van der Waals surface area contributed by atoms with Gasteiger partial charge in [-0.25, -0.2) is 0 Å². The molecule has 102 valence electrons. The average Bonchev–Trinajstić information content (AvgIpc) is 2.42. The summed E-state index contributed by atoms with van der Waals surface area (Å²) in [6.45, 7) is 2.41. The zero-order chi connectivity index (χ0) is 13.8. The van der Waals surface area contributed by atoms with Crippen LogP contribution in [-0.2, 0) is 9.53 Å². The second-order valence-electron chi connectivity index (χ2n) is 3.98. The second kappa shape index (κ2) is 6.52. The van der Waals surface area contributed by atoms with Crippen LogP contribution < -0.4 is 5.32 Å². The lowest BCUT2D eigenvalue weighted by molar-refractivity contribution is -0.111. The minimum absolute atomic E-state index is 0.245. The van der Waals surface area contributed by atoms with Gasteiger partial charge in [-0.15, -0.1) is 0 Å². The van der Waals surface area contributed by atoms with Crippen molar-refractivity contribution in [3.05, 3.63) is 28.2 Å². The number of halogens is 2. The lowest BCUT2D eigenvalue weighted by atomic mass is 10.3. The molecule has 4 nitrogen and oxygen atoms in total. The molecule has 1 aliphatic rings. The van der Waals surface area contributed by atoms with E-state index in [0.29, 0.717) is 42.0 Å². The monoisotopic (exact) mass is 318 g/mol. The van der Waals surface area contributed by atoms with E-state index >= 15 is 0 Å². The molecule has 0 saturated carbocycles. The van der Waals surface area contributed by atoms with E-state index in [1.807, 2.05) is 4.90 Å². The van der Waals surface area contributed by atoms with Crippen molar-refractivity contribution in [1.82, 2.24) is 4.90 Å². The number of hydrogen-bond donors (Lipinski definition) is 1. The van der Waals surface area contributed by atoms with Crippen molar-refractivity contribution in [3.63, 3.8) is 0 Å². The highest BCUT2D eigenvalue weighted by Gasteiger charge is 2.20. The fraction of sp³-hybridized carbons (Fsp3) is 0.333. The second-order valence-corrected chi connectivity index (χ2v) is 5.21. The molecule has 1 saturated heterocycles. The first-order valence-electron chi connectivity index (χ1n) is 5.71. The number of morpholine rings is 1. The van der Waals surface area contributed by atoms with Crippen LogP contribution in [0.4, 0.5) is 5.69 Å². The van der Waals surface area contributed by atoms with Gasteiger partial charge in [0.05, 0.1) is 23.9 Å². The summed E-state index contributed by atoms with van der Waals surface area (Å²) in [6, 6.07) is 4.86. The average molecular weight is 319 g/mol. The number of carbonyl (C=O) groups excluding carboxylic acids is 1. The number of ether oxygens (including phenoxy) is 1. The predicted octanol–water partition coefficient (Wildman–Crippen LogP) is 2.59. The van der Waals surface area contributed by atoms with Gasteiger partial charge >= 0.3 is 0 Å². The summed E-state index contributed by atoms with van der Waals surface area (Å²) in [7, 11) is 0. The van der Waals surface area contributed by atoms with Crippen molar-refractivity contribution >= 4 is 52.0 Å². The zero-order valence-electron chi connectivity index (χ0n) is 9.99. The minimum Gasteiger partial charge on any atom is -0.378 e. The Morgan fingerprint density at radius 3 is 2.63 bits per heavy atom. The molecule has 0 bridgehead atoms. The molecule has 1 N–H and O–H groups in total. The van der Waals surface area contributed by atoms with Gasteiger partial charge in [-0.05, 0) is 18.2 Å². The van der Waals surface area contributed by atoms with Gasteiger partial charge in [-0.2, -0.15) is 0 Å². The Hall–Kier alpha value is -0.880. The van der Waals surface area contributed by atoms with Crippen LogP contribution in [0.15, 0.2) is 18.2 Å². The molecular formula is C12H12Cl2N2O2S. The summed E-state index contributed by atoms with van der Waals surface area (Å²) in [5, 5.41) is 3.57.